The Hall–Kier alpha value is -1.69. The van der Waals surface area contributed by atoms with E-state index in [0.717, 1.165) is 29.7 Å². The molecule has 2 aliphatic carbocycles. The first-order valence-electron chi connectivity index (χ1n) is 11.4. The lowest BCUT2D eigenvalue weighted by molar-refractivity contribution is -0.911. The van der Waals surface area contributed by atoms with Crippen molar-refractivity contribution in [2.45, 2.75) is 64.4 Å². The maximum Gasteiger partial charge on any atom is 0.315 e. The number of esters is 1. The third-order valence-electron chi connectivity index (χ3n) is 8.50. The summed E-state index contributed by atoms with van der Waals surface area (Å²) in [5, 5.41) is 22.3. The number of aliphatic hydroxyl groups excluding tert-OH is 2. The minimum Gasteiger partial charge on any atom is -0.461 e. The average molecular weight is 415 g/mol. The van der Waals surface area contributed by atoms with Crippen LogP contribution in [0.1, 0.15) is 51.7 Å². The molecule has 0 amide bonds. The molecule has 0 spiro atoms. The smallest absolute Gasteiger partial charge is 0.315 e. The summed E-state index contributed by atoms with van der Waals surface area (Å²) in [6.07, 6.45) is 3.68. The molecule has 3 aliphatic rings. The number of nitrogens with one attached hydrogen (secondary N) is 1. The molecule has 5 nitrogen and oxygen atoms in total. The van der Waals surface area contributed by atoms with Crippen LogP contribution in [0.2, 0.25) is 0 Å². The van der Waals surface area contributed by atoms with E-state index in [-0.39, 0.29) is 35.4 Å². The Morgan fingerprint density at radius 1 is 1.30 bits per heavy atom. The van der Waals surface area contributed by atoms with E-state index in [1.165, 1.54) is 5.57 Å². The van der Waals surface area contributed by atoms with E-state index in [4.69, 9.17) is 4.74 Å². The normalized spacial score (nSPS) is 38.7. The molecule has 0 bridgehead atoms. The van der Waals surface area contributed by atoms with Crippen molar-refractivity contribution in [3.05, 3.63) is 47.5 Å². The molecule has 1 heterocycles. The van der Waals surface area contributed by atoms with Crippen molar-refractivity contribution in [3.63, 3.8) is 0 Å². The molecule has 1 aromatic carbocycles. The fourth-order valence-corrected chi connectivity index (χ4v) is 6.04. The van der Waals surface area contributed by atoms with E-state index in [2.05, 4.69) is 19.9 Å². The molecule has 4 rings (SSSR count). The largest absolute Gasteiger partial charge is 0.461 e. The average Bonchev–Trinajstić information content (AvgIpc) is 3.05. The van der Waals surface area contributed by atoms with Crippen LogP contribution in [0.4, 0.5) is 0 Å². The Morgan fingerprint density at radius 3 is 2.70 bits per heavy atom. The molecule has 30 heavy (non-hydrogen) atoms. The second kappa shape index (κ2) is 8.10. The molecule has 1 saturated carbocycles. The first-order valence-corrected chi connectivity index (χ1v) is 11.4. The molecule has 0 aromatic heterocycles. The third kappa shape index (κ3) is 3.41. The van der Waals surface area contributed by atoms with Gasteiger partial charge in [0.15, 0.2) is 0 Å². The molecule has 3 N–H and O–H groups in total. The van der Waals surface area contributed by atoms with Crippen molar-refractivity contribution in [2.75, 3.05) is 13.6 Å². The summed E-state index contributed by atoms with van der Waals surface area (Å²) in [6, 6.07) is 9.56. The van der Waals surface area contributed by atoms with Crippen molar-refractivity contribution < 1.29 is 24.6 Å². The lowest BCUT2D eigenvalue weighted by Crippen LogP contribution is -3.14. The number of fused-ring (bicyclic) bond motifs is 2. The maximum absolute atomic E-state index is 12.8. The summed E-state index contributed by atoms with van der Waals surface area (Å²) in [7, 11) is 2.02. The number of allylic oxidation sites excluding steroid dienone is 1. The van der Waals surface area contributed by atoms with Gasteiger partial charge in [0.05, 0.1) is 19.7 Å². The predicted octanol–water partition coefficient (Wildman–Crippen LogP) is 1.91. The molecule has 1 aliphatic heterocycles. The molecule has 9 atom stereocenters. The van der Waals surface area contributed by atoms with Gasteiger partial charge in [-0.1, -0.05) is 55.8 Å². The minimum atomic E-state index is -0.610. The molecule has 5 heteroatoms. The fraction of sp³-hybridized carbons (Fsp3) is 0.640. The SMILES string of the molecule is C[C@@H]1CCC=C2C[C@H]3OC(=O)[C@H](C[NH+](C)[C@@H](C)[C@@H](O)c4ccccc4)[C@H]3[C@@H](O)[C@@]21C. The number of benzene rings is 1. The summed E-state index contributed by atoms with van der Waals surface area (Å²) in [6.45, 7) is 6.94. The number of ether oxygens (including phenoxy) is 1. The quantitative estimate of drug-likeness (QED) is 0.509. The van der Waals surface area contributed by atoms with Gasteiger partial charge >= 0.3 is 5.97 Å². The fourth-order valence-electron chi connectivity index (χ4n) is 6.04. The summed E-state index contributed by atoms with van der Waals surface area (Å²) in [5.74, 6) is -0.340. The van der Waals surface area contributed by atoms with Gasteiger partial charge in [0.1, 0.15) is 24.2 Å². The van der Waals surface area contributed by atoms with Gasteiger partial charge in [-0.05, 0) is 31.2 Å². The third-order valence-corrected chi connectivity index (χ3v) is 8.50. The molecule has 0 radical (unpaired) electrons. The predicted molar refractivity (Wildman–Crippen MR) is 115 cm³/mol. The zero-order chi connectivity index (χ0) is 21.6. The highest BCUT2D eigenvalue weighted by molar-refractivity contribution is 5.76. The first kappa shape index (κ1) is 21.5. The summed E-state index contributed by atoms with van der Waals surface area (Å²) >= 11 is 0. The van der Waals surface area contributed by atoms with Gasteiger partial charge in [0, 0.05) is 17.8 Å². The Kier molecular flexibility index (Phi) is 5.82. The molecular weight excluding hydrogens is 378 g/mol. The van der Waals surface area contributed by atoms with Crippen LogP contribution in [0.5, 0.6) is 0 Å². The highest BCUT2D eigenvalue weighted by Gasteiger charge is 2.60. The van der Waals surface area contributed by atoms with Crippen molar-refractivity contribution in [3.8, 4) is 0 Å². The number of hydrogen-bond acceptors (Lipinski definition) is 4. The molecular formula is C25H36NO4+. The summed E-state index contributed by atoms with van der Waals surface area (Å²) in [5.41, 5.74) is 1.86. The van der Waals surface area contributed by atoms with Crippen molar-refractivity contribution in [1.29, 1.82) is 0 Å². The molecule has 164 valence electrons. The number of aliphatic hydroxyl groups is 2. The van der Waals surface area contributed by atoms with Gasteiger partial charge in [0.2, 0.25) is 0 Å². The Bertz CT molecular complexity index is 809. The highest BCUT2D eigenvalue weighted by atomic mass is 16.6. The number of hydrogen-bond donors (Lipinski definition) is 3. The van der Waals surface area contributed by atoms with Crippen LogP contribution in [0.15, 0.2) is 42.0 Å². The standard InChI is InChI=1S/C25H35NO4/c1-15-9-8-12-18-13-20-21(23(28)25(15,18)3)19(24(29)30-20)14-26(4)16(2)22(27)17-10-6-5-7-11-17/h5-7,10-12,15-16,19-23,27-28H,8-9,13-14H2,1-4H3/p+1/t15-,16+,19-,20-,21-,22-,23-,25-/m1/s1. The number of quaternary nitrogens is 1. The zero-order valence-corrected chi connectivity index (χ0v) is 18.5. The topological polar surface area (TPSA) is 71.2 Å². The van der Waals surface area contributed by atoms with Gasteiger partial charge in [-0.15, -0.1) is 0 Å². The van der Waals surface area contributed by atoms with Gasteiger partial charge in [-0.25, -0.2) is 0 Å². The maximum atomic E-state index is 12.8. The van der Waals surface area contributed by atoms with Gasteiger partial charge in [-0.2, -0.15) is 0 Å². The van der Waals surface area contributed by atoms with Crippen LogP contribution in [-0.4, -0.2) is 48.0 Å². The lowest BCUT2D eigenvalue weighted by atomic mass is 9.55. The van der Waals surface area contributed by atoms with E-state index in [9.17, 15) is 15.0 Å². The molecule has 1 saturated heterocycles. The van der Waals surface area contributed by atoms with E-state index < -0.39 is 12.2 Å². The van der Waals surface area contributed by atoms with E-state index in [0.29, 0.717) is 12.5 Å². The number of likely N-dealkylation sites (N-methyl/N-ethyl adjacent to an activating group) is 1. The lowest BCUT2D eigenvalue weighted by Gasteiger charge is -2.51. The van der Waals surface area contributed by atoms with E-state index in [1.807, 2.05) is 44.3 Å². The summed E-state index contributed by atoms with van der Waals surface area (Å²) < 4.78 is 5.79. The van der Waals surface area contributed by atoms with Crippen molar-refractivity contribution >= 4 is 5.97 Å². The van der Waals surface area contributed by atoms with Crippen LogP contribution in [-0.2, 0) is 9.53 Å². The molecule has 2 fully saturated rings. The summed E-state index contributed by atoms with van der Waals surface area (Å²) in [4.78, 5) is 13.9. The number of carbonyl (C=O) groups excluding carboxylic acids is 1. The van der Waals surface area contributed by atoms with Crippen LogP contribution < -0.4 is 4.90 Å². The Morgan fingerprint density at radius 2 is 2.00 bits per heavy atom. The Labute approximate surface area is 179 Å². The second-order valence-corrected chi connectivity index (χ2v) is 9.99. The van der Waals surface area contributed by atoms with Gasteiger partial charge in [0.25, 0.3) is 0 Å². The van der Waals surface area contributed by atoms with Crippen molar-refractivity contribution in [1.82, 2.24) is 0 Å². The molecule has 1 aromatic rings. The monoisotopic (exact) mass is 414 g/mol. The van der Waals surface area contributed by atoms with Crippen LogP contribution in [0, 0.1) is 23.2 Å². The Balaban J connectivity index is 1.52. The second-order valence-electron chi connectivity index (χ2n) is 9.99. The molecule has 1 unspecified atom stereocenters. The van der Waals surface area contributed by atoms with Gasteiger partial charge in [-0.3, -0.25) is 4.79 Å². The number of carbonyl (C=O) groups is 1. The van der Waals surface area contributed by atoms with Crippen LogP contribution in [0.25, 0.3) is 0 Å². The highest BCUT2D eigenvalue weighted by Crippen LogP contribution is 2.55. The zero-order valence-electron chi connectivity index (χ0n) is 18.5. The van der Waals surface area contributed by atoms with Crippen molar-refractivity contribution in [2.24, 2.45) is 23.2 Å². The van der Waals surface area contributed by atoms with E-state index in [1.54, 1.807) is 0 Å². The van der Waals surface area contributed by atoms with E-state index >= 15 is 0 Å². The van der Waals surface area contributed by atoms with Crippen LogP contribution in [0.3, 0.4) is 0 Å². The van der Waals surface area contributed by atoms with Crippen LogP contribution >= 0.6 is 0 Å². The first-order chi connectivity index (χ1) is 14.2. The van der Waals surface area contributed by atoms with Gasteiger partial charge < -0.3 is 19.8 Å². The minimum absolute atomic E-state index is 0.0837. The number of rotatable bonds is 5.